The van der Waals surface area contributed by atoms with Gasteiger partial charge in [0.2, 0.25) is 0 Å². The Morgan fingerprint density at radius 3 is 2.89 bits per heavy atom. The third-order valence-corrected chi connectivity index (χ3v) is 5.24. The fourth-order valence-corrected chi connectivity index (χ4v) is 3.58. The number of nitrogens with zero attached hydrogens (tertiary/aromatic N) is 2. The van der Waals surface area contributed by atoms with Crippen LogP contribution in [-0.2, 0) is 17.7 Å². The van der Waals surface area contributed by atoms with E-state index in [1.165, 1.54) is 5.56 Å². The molecule has 28 heavy (non-hydrogen) atoms. The molecule has 6 nitrogen and oxygen atoms in total. The first-order chi connectivity index (χ1) is 13.1. The number of halogens is 1. The van der Waals surface area contributed by atoms with E-state index in [1.807, 2.05) is 6.92 Å². The number of rotatable bonds is 7. The van der Waals surface area contributed by atoms with Crippen molar-refractivity contribution in [3.63, 3.8) is 0 Å². The predicted molar refractivity (Wildman–Crippen MR) is 125 cm³/mol. The Balaban J connectivity index is 0.00000280. The molecule has 2 aromatic rings. The zero-order valence-corrected chi connectivity index (χ0v) is 19.8. The lowest BCUT2D eigenvalue weighted by atomic mass is 10.1. The Morgan fingerprint density at radius 1 is 1.36 bits per heavy atom. The number of hydrogen-bond donors (Lipinski definition) is 2. The molecule has 0 aliphatic carbocycles. The van der Waals surface area contributed by atoms with E-state index in [1.54, 1.807) is 18.4 Å². The summed E-state index contributed by atoms with van der Waals surface area (Å²) < 4.78 is 11.6. The number of ether oxygens (including phenoxy) is 2. The number of thiazole rings is 1. The first-order valence-corrected chi connectivity index (χ1v) is 10.2. The number of hydrogen-bond acceptors (Lipinski definition) is 5. The van der Waals surface area contributed by atoms with Crippen LogP contribution in [0.2, 0.25) is 0 Å². The van der Waals surface area contributed by atoms with Crippen LogP contribution in [0.1, 0.15) is 28.2 Å². The highest BCUT2D eigenvalue weighted by molar-refractivity contribution is 14.0. The van der Waals surface area contributed by atoms with Crippen molar-refractivity contribution in [2.24, 2.45) is 4.99 Å². The van der Waals surface area contributed by atoms with Crippen molar-refractivity contribution in [3.05, 3.63) is 45.4 Å². The number of aromatic nitrogens is 1. The molecule has 0 radical (unpaired) electrons. The molecular weight excluding hydrogens is 487 g/mol. The highest BCUT2D eigenvalue weighted by Gasteiger charge is 2.18. The number of aryl methyl sites for hydroxylation is 2. The lowest BCUT2D eigenvalue weighted by molar-refractivity contribution is 0.140. The molecule has 1 fully saturated rings. The molecule has 2 N–H and O–H groups in total. The highest BCUT2D eigenvalue weighted by Crippen LogP contribution is 2.23. The molecule has 1 aromatic heterocycles. The van der Waals surface area contributed by atoms with Crippen molar-refractivity contribution >= 4 is 41.3 Å². The lowest BCUT2D eigenvalue weighted by Crippen LogP contribution is -2.38. The van der Waals surface area contributed by atoms with Crippen LogP contribution in [0, 0.1) is 13.8 Å². The molecule has 8 heteroatoms. The van der Waals surface area contributed by atoms with Gasteiger partial charge in [-0.3, -0.25) is 4.99 Å². The second kappa shape index (κ2) is 11.6. The normalized spacial score (nSPS) is 16.5. The SMILES string of the molecule is CN=C(NCCc1csc(C)n1)NCc1ccc(C)cc1OC1CCOC1.I. The van der Waals surface area contributed by atoms with Gasteiger partial charge in [-0.05, 0) is 25.5 Å². The quantitative estimate of drug-likeness (QED) is 0.335. The van der Waals surface area contributed by atoms with Crippen molar-refractivity contribution in [1.82, 2.24) is 15.6 Å². The van der Waals surface area contributed by atoms with Crippen molar-refractivity contribution in [2.45, 2.75) is 39.3 Å². The second-order valence-electron chi connectivity index (χ2n) is 6.68. The third kappa shape index (κ3) is 6.89. The maximum absolute atomic E-state index is 6.16. The predicted octanol–water partition coefficient (Wildman–Crippen LogP) is 3.45. The van der Waals surface area contributed by atoms with Crippen molar-refractivity contribution in [3.8, 4) is 5.75 Å². The Hall–Kier alpha value is -1.39. The molecule has 3 rings (SSSR count). The number of benzene rings is 1. The molecular formula is C20H29IN4O2S. The molecule has 0 amide bonds. The Morgan fingerprint density at radius 2 is 2.21 bits per heavy atom. The Kier molecular flexibility index (Phi) is 9.46. The van der Waals surface area contributed by atoms with Gasteiger partial charge in [0, 0.05) is 43.9 Å². The van der Waals surface area contributed by atoms with E-state index < -0.39 is 0 Å². The van der Waals surface area contributed by atoms with Gasteiger partial charge in [-0.25, -0.2) is 4.98 Å². The Labute approximate surface area is 188 Å². The zero-order valence-electron chi connectivity index (χ0n) is 16.7. The molecule has 1 aliphatic rings. The first kappa shape index (κ1) is 22.9. The van der Waals surface area contributed by atoms with Crippen LogP contribution < -0.4 is 15.4 Å². The fraction of sp³-hybridized carbons (Fsp3) is 0.500. The lowest BCUT2D eigenvalue weighted by Gasteiger charge is -2.18. The van der Waals surface area contributed by atoms with E-state index in [0.29, 0.717) is 13.2 Å². The standard InChI is InChI=1S/C20H28N4O2S.HI/c1-14-4-5-16(19(10-14)26-18-7-9-25-12-18)11-23-20(21-3)22-8-6-17-13-27-15(2)24-17;/h4-5,10,13,18H,6-9,11-12H2,1-3H3,(H2,21,22,23);1H. The summed E-state index contributed by atoms with van der Waals surface area (Å²) in [6.07, 6.45) is 1.97. The Bertz CT molecular complexity index is 775. The number of aliphatic imine (C=N–C) groups is 1. The van der Waals surface area contributed by atoms with E-state index in [-0.39, 0.29) is 30.1 Å². The van der Waals surface area contributed by atoms with E-state index in [2.05, 4.69) is 51.1 Å². The van der Waals surface area contributed by atoms with Crippen LogP contribution in [0.3, 0.4) is 0 Å². The van der Waals surface area contributed by atoms with Crippen LogP contribution in [-0.4, -0.2) is 43.9 Å². The van der Waals surface area contributed by atoms with E-state index in [9.17, 15) is 0 Å². The van der Waals surface area contributed by atoms with E-state index in [0.717, 1.165) is 54.0 Å². The summed E-state index contributed by atoms with van der Waals surface area (Å²) in [7, 11) is 1.78. The maximum atomic E-state index is 6.16. The van der Waals surface area contributed by atoms with E-state index >= 15 is 0 Å². The molecule has 1 aromatic carbocycles. The van der Waals surface area contributed by atoms with Gasteiger partial charge < -0.3 is 20.1 Å². The molecule has 0 saturated carbocycles. The number of nitrogens with one attached hydrogen (secondary N) is 2. The third-order valence-electron chi connectivity index (χ3n) is 4.41. The zero-order chi connectivity index (χ0) is 19.1. The van der Waals surface area contributed by atoms with E-state index in [4.69, 9.17) is 9.47 Å². The molecule has 0 bridgehead atoms. The molecule has 1 atom stereocenters. The average molecular weight is 516 g/mol. The minimum atomic E-state index is 0. The number of guanidine groups is 1. The van der Waals surface area contributed by atoms with Gasteiger partial charge in [-0.15, -0.1) is 35.3 Å². The van der Waals surface area contributed by atoms with Gasteiger partial charge in [0.25, 0.3) is 0 Å². The fourth-order valence-electron chi connectivity index (χ4n) is 2.93. The van der Waals surface area contributed by atoms with Crippen LogP contribution in [0.5, 0.6) is 5.75 Å². The summed E-state index contributed by atoms with van der Waals surface area (Å²) in [5.74, 6) is 1.70. The largest absolute Gasteiger partial charge is 0.488 e. The van der Waals surface area contributed by atoms with Gasteiger partial charge in [0.05, 0.1) is 23.9 Å². The first-order valence-electron chi connectivity index (χ1n) is 9.33. The maximum Gasteiger partial charge on any atom is 0.191 e. The van der Waals surface area contributed by atoms with Crippen molar-refractivity contribution in [2.75, 3.05) is 26.8 Å². The molecule has 1 aliphatic heterocycles. The summed E-state index contributed by atoms with van der Waals surface area (Å²) in [6.45, 7) is 6.99. The smallest absolute Gasteiger partial charge is 0.191 e. The summed E-state index contributed by atoms with van der Waals surface area (Å²) in [5.41, 5.74) is 3.42. The monoisotopic (exact) mass is 516 g/mol. The minimum absolute atomic E-state index is 0. The second-order valence-corrected chi connectivity index (χ2v) is 7.74. The van der Waals surface area contributed by atoms with Crippen molar-refractivity contribution in [1.29, 1.82) is 0 Å². The molecule has 1 saturated heterocycles. The summed E-state index contributed by atoms with van der Waals surface area (Å²) in [5, 5.41) is 9.93. The molecule has 154 valence electrons. The van der Waals surface area contributed by atoms with Crippen LogP contribution in [0.4, 0.5) is 0 Å². The molecule has 1 unspecified atom stereocenters. The van der Waals surface area contributed by atoms with Gasteiger partial charge >= 0.3 is 0 Å². The summed E-state index contributed by atoms with van der Waals surface area (Å²) in [4.78, 5) is 8.79. The summed E-state index contributed by atoms with van der Waals surface area (Å²) in [6, 6.07) is 6.31. The van der Waals surface area contributed by atoms with Gasteiger partial charge in [0.1, 0.15) is 11.9 Å². The van der Waals surface area contributed by atoms with Crippen LogP contribution in [0.15, 0.2) is 28.6 Å². The molecule has 0 spiro atoms. The van der Waals surface area contributed by atoms with Gasteiger partial charge in [-0.1, -0.05) is 12.1 Å². The van der Waals surface area contributed by atoms with Crippen LogP contribution >= 0.6 is 35.3 Å². The van der Waals surface area contributed by atoms with Gasteiger partial charge in [0.15, 0.2) is 5.96 Å². The van der Waals surface area contributed by atoms with Crippen LogP contribution in [0.25, 0.3) is 0 Å². The average Bonchev–Trinajstić information content (AvgIpc) is 3.31. The topological polar surface area (TPSA) is 67.8 Å². The van der Waals surface area contributed by atoms with Crippen molar-refractivity contribution < 1.29 is 9.47 Å². The molecule has 2 heterocycles. The minimum Gasteiger partial charge on any atom is -0.488 e. The summed E-state index contributed by atoms with van der Waals surface area (Å²) >= 11 is 1.68. The highest BCUT2D eigenvalue weighted by atomic mass is 127. The van der Waals surface area contributed by atoms with Gasteiger partial charge in [-0.2, -0.15) is 0 Å².